The standard InChI is InChI=1S/C21H23ClN6O.C21H24ClN3O2.C21H22ClN3O.C21H23ClN2O3/c22-17-7-9-18(10-8-17)23-20(29)28-14-4-12-21(15-28,16-5-2-1-3-6-16)13-11-19-24-26-27-25-19;22-17-7-9-18(10-8-17)24-20(27)25-14-4-12-21(15-25,13-11-19(23)26)16-5-2-1-3-6-16;22-18-8-10-19(11-9-18)24-20(26)25-15-5-13-21(16-25,12-4-14-23)17-6-2-1-3-7-17;22-17-7-9-18(10-8-17)23-20(27)24-14-4-12-21(15-24,13-11-19(25)26)16-5-2-1-3-6-16/h1-3,5-10H,4,11-15H2,(H,23,29)(H,24,25,26,27);1-3,5-10H,4,11-15H2,(H2,23,26)(H,24,27);1-3,6-11H,4-5,12-13,15-16H2,(H,24,26);1-3,5-10H,4,11-15H2,(H,23,27)(H,25,26). The molecular weight excluding hydrogens is 1460 g/mol. The Morgan fingerprint density at radius 3 is 0.972 bits per heavy atom. The lowest BCUT2D eigenvalue weighted by Gasteiger charge is -2.43. The molecule has 9 aromatic rings. The maximum Gasteiger partial charge on any atom is 0.321 e. The van der Waals surface area contributed by atoms with E-state index < -0.39 is 5.97 Å². The summed E-state index contributed by atoms with van der Waals surface area (Å²) in [6.45, 7) is 5.13. The van der Waals surface area contributed by atoms with E-state index in [0.717, 1.165) is 99.8 Å². The molecule has 21 nitrogen and oxygen atoms in total. The number of aromatic amines is 1. The number of rotatable bonds is 19. The molecule has 9 amide bonds. The van der Waals surface area contributed by atoms with Gasteiger partial charge in [-0.3, -0.25) is 9.59 Å². The van der Waals surface area contributed by atoms with Crippen molar-refractivity contribution in [2.24, 2.45) is 5.73 Å². The summed E-state index contributed by atoms with van der Waals surface area (Å²) < 4.78 is 0. The first-order chi connectivity index (χ1) is 52.7. The van der Waals surface area contributed by atoms with E-state index in [1.807, 2.05) is 99.6 Å². The lowest BCUT2D eigenvalue weighted by molar-refractivity contribution is -0.137. The number of benzene rings is 8. The number of carboxylic acid groups (broad SMARTS) is 1. The Kier molecular flexibility index (Phi) is 29.4. The second-order valence-electron chi connectivity index (χ2n) is 28.3. The van der Waals surface area contributed by atoms with Gasteiger partial charge in [-0.2, -0.15) is 10.5 Å². The molecule has 4 fully saturated rings. The highest BCUT2D eigenvalue weighted by Gasteiger charge is 2.43. The van der Waals surface area contributed by atoms with Crippen LogP contribution in [-0.2, 0) is 37.7 Å². The van der Waals surface area contributed by atoms with Crippen LogP contribution in [0.15, 0.2) is 218 Å². The maximum atomic E-state index is 12.9. The number of likely N-dealkylation sites (tertiary alicyclic amines) is 4. The van der Waals surface area contributed by atoms with Crippen molar-refractivity contribution in [3.63, 3.8) is 0 Å². The second kappa shape index (κ2) is 39.6. The van der Waals surface area contributed by atoms with Crippen LogP contribution < -0.4 is 27.0 Å². The number of piperidine rings is 4. The van der Waals surface area contributed by atoms with Gasteiger partial charge in [0.1, 0.15) is 0 Å². The van der Waals surface area contributed by atoms with Crippen LogP contribution in [0.3, 0.4) is 0 Å². The van der Waals surface area contributed by atoms with E-state index in [9.17, 15) is 33.9 Å². The number of carboxylic acids is 1. The number of carbonyl (C=O) groups excluding carboxylic acids is 5. The monoisotopic (exact) mass is 1550 g/mol. The molecule has 0 bridgehead atoms. The molecule has 8 N–H and O–H groups in total. The van der Waals surface area contributed by atoms with Gasteiger partial charge < -0.3 is 51.7 Å². The molecule has 5 heterocycles. The lowest BCUT2D eigenvalue weighted by Crippen LogP contribution is -2.50. The van der Waals surface area contributed by atoms with Crippen molar-refractivity contribution < 1.29 is 33.9 Å². The number of nitrogens with zero attached hydrogens (tertiary/aromatic N) is 8. The first-order valence-electron chi connectivity index (χ1n) is 36.8. The quantitative estimate of drug-likeness (QED) is 0.0399. The molecular formula is C84H92Cl4N14O7. The highest BCUT2D eigenvalue weighted by atomic mass is 35.5. The van der Waals surface area contributed by atoms with Gasteiger partial charge in [-0.15, -0.1) is 10.2 Å². The van der Waals surface area contributed by atoms with Gasteiger partial charge in [0.25, 0.3) is 0 Å². The van der Waals surface area contributed by atoms with Crippen LogP contribution in [0.5, 0.6) is 0 Å². The molecule has 4 aliphatic heterocycles. The zero-order valence-corrected chi connectivity index (χ0v) is 63.8. The molecule has 0 spiro atoms. The number of primary amides is 1. The van der Waals surface area contributed by atoms with Crippen molar-refractivity contribution in [1.29, 1.82) is 5.26 Å². The number of aryl methyl sites for hydroxylation is 1. The van der Waals surface area contributed by atoms with Crippen LogP contribution in [0.2, 0.25) is 20.1 Å². The van der Waals surface area contributed by atoms with E-state index >= 15 is 0 Å². The Balaban J connectivity index is 0.000000155. The van der Waals surface area contributed by atoms with Crippen LogP contribution in [0.25, 0.3) is 0 Å². The van der Waals surface area contributed by atoms with Crippen molar-refractivity contribution in [2.75, 3.05) is 73.6 Å². The van der Waals surface area contributed by atoms with Crippen molar-refractivity contribution in [3.8, 4) is 6.07 Å². The van der Waals surface area contributed by atoms with Gasteiger partial charge in [0.2, 0.25) is 5.91 Å². The molecule has 568 valence electrons. The minimum atomic E-state index is -0.812. The minimum absolute atomic E-state index is 0.0849. The Bertz CT molecular complexity index is 4310. The zero-order valence-electron chi connectivity index (χ0n) is 60.8. The van der Waals surface area contributed by atoms with Gasteiger partial charge in [0.15, 0.2) is 5.82 Å². The minimum Gasteiger partial charge on any atom is -0.481 e. The second-order valence-corrected chi connectivity index (χ2v) is 30.0. The predicted octanol–water partition coefficient (Wildman–Crippen LogP) is 18.2. The van der Waals surface area contributed by atoms with Gasteiger partial charge in [-0.05, 0) is 196 Å². The third kappa shape index (κ3) is 23.3. The van der Waals surface area contributed by atoms with E-state index in [1.54, 1.807) is 89.8 Å². The SMILES string of the molecule is N#CCCC1(c2ccccc2)CCCN(C(=O)Nc2ccc(Cl)cc2)C1.NC(=O)CCC1(c2ccccc2)CCCN(C(=O)Nc2ccc(Cl)cc2)C1.O=C(Nc1ccc(Cl)cc1)N1CCCC(CCc2nn[nH]n2)(c2ccccc2)C1.O=C(O)CCC1(c2ccccc2)CCCN(C(=O)Nc2ccc(Cl)cc2)C1. The number of aliphatic carboxylic acids is 1. The normalized spacial score (nSPS) is 19.4. The number of anilines is 4. The largest absolute Gasteiger partial charge is 0.481 e. The van der Waals surface area contributed by atoms with E-state index in [1.165, 1.54) is 11.1 Å². The number of tetrazole rings is 1. The molecule has 0 radical (unpaired) electrons. The first kappa shape index (κ1) is 81.0. The van der Waals surface area contributed by atoms with E-state index in [-0.39, 0.29) is 58.1 Å². The van der Waals surface area contributed by atoms with Gasteiger partial charge in [-0.25, -0.2) is 19.2 Å². The molecule has 1 aromatic heterocycles. The summed E-state index contributed by atoms with van der Waals surface area (Å²) in [4.78, 5) is 81.3. The molecule has 109 heavy (non-hydrogen) atoms. The van der Waals surface area contributed by atoms with Crippen LogP contribution in [0.1, 0.15) is 124 Å². The molecule has 4 aliphatic rings. The number of hydrogen-bond acceptors (Lipinski definition) is 10. The Labute approximate surface area is 656 Å². The van der Waals surface area contributed by atoms with Gasteiger partial charge in [0, 0.05) is 143 Å². The smallest absolute Gasteiger partial charge is 0.321 e. The van der Waals surface area contributed by atoms with Crippen molar-refractivity contribution in [2.45, 2.75) is 124 Å². The molecule has 4 atom stereocenters. The summed E-state index contributed by atoms with van der Waals surface area (Å²) in [5.74, 6) is -0.427. The number of amides is 9. The summed E-state index contributed by atoms with van der Waals surface area (Å²) in [5, 5.41) is 46.9. The van der Waals surface area contributed by atoms with Crippen molar-refractivity contribution in [3.05, 3.63) is 267 Å². The van der Waals surface area contributed by atoms with Gasteiger partial charge in [-0.1, -0.05) is 173 Å². The maximum absolute atomic E-state index is 12.9. The number of nitriles is 1. The van der Waals surface area contributed by atoms with E-state index in [0.29, 0.717) is 109 Å². The fourth-order valence-corrected chi connectivity index (χ4v) is 15.8. The van der Waals surface area contributed by atoms with Crippen LogP contribution in [-0.4, -0.2) is 134 Å². The zero-order chi connectivity index (χ0) is 77.1. The number of nitrogens with two attached hydrogens (primary N) is 1. The lowest BCUT2D eigenvalue weighted by atomic mass is 9.71. The summed E-state index contributed by atoms with van der Waals surface area (Å²) in [6.07, 6.45) is 11.7. The Hall–Kier alpha value is -10.5. The summed E-state index contributed by atoms with van der Waals surface area (Å²) in [6, 6.07) is 70.8. The van der Waals surface area contributed by atoms with Crippen LogP contribution in [0, 0.1) is 11.3 Å². The Morgan fingerprint density at radius 1 is 0.422 bits per heavy atom. The summed E-state index contributed by atoms with van der Waals surface area (Å²) in [5.41, 5.74) is 12.1. The highest BCUT2D eigenvalue weighted by Crippen LogP contribution is 2.43. The first-order valence-corrected chi connectivity index (χ1v) is 38.3. The number of H-pyrrole nitrogens is 1. The number of urea groups is 4. The highest BCUT2D eigenvalue weighted by molar-refractivity contribution is 6.31. The fraction of sp³-hybridized carbons (Fsp3) is 0.333. The topological polar surface area (TPSA) is 288 Å². The van der Waals surface area contributed by atoms with E-state index in [2.05, 4.69) is 96.5 Å². The number of nitrogens with one attached hydrogen (secondary N) is 5. The number of hydrogen-bond donors (Lipinski definition) is 7. The van der Waals surface area contributed by atoms with Crippen LogP contribution >= 0.6 is 46.4 Å². The Morgan fingerprint density at radius 2 is 0.706 bits per heavy atom. The number of aromatic nitrogens is 4. The molecule has 4 saturated heterocycles. The third-order valence-electron chi connectivity index (χ3n) is 21.0. The number of carbonyl (C=O) groups is 6. The van der Waals surface area contributed by atoms with Gasteiger partial charge in [0.05, 0.1) is 6.07 Å². The number of halogens is 4. The molecule has 13 rings (SSSR count). The molecule has 4 unspecified atom stereocenters. The molecule has 8 aromatic carbocycles. The molecule has 25 heteroatoms. The van der Waals surface area contributed by atoms with Crippen molar-refractivity contribution >= 4 is 105 Å². The van der Waals surface area contributed by atoms with E-state index in [4.69, 9.17) is 57.4 Å². The predicted molar refractivity (Wildman–Crippen MR) is 430 cm³/mol. The summed E-state index contributed by atoms with van der Waals surface area (Å²) >= 11 is 23.6. The molecule has 0 aliphatic carbocycles. The van der Waals surface area contributed by atoms with Crippen LogP contribution in [0.4, 0.5) is 41.9 Å². The van der Waals surface area contributed by atoms with Gasteiger partial charge >= 0.3 is 30.1 Å². The average Bonchev–Trinajstić information content (AvgIpc) is 1.01. The third-order valence-corrected chi connectivity index (χ3v) is 22.0. The van der Waals surface area contributed by atoms with Crippen molar-refractivity contribution in [1.82, 2.24) is 40.2 Å². The summed E-state index contributed by atoms with van der Waals surface area (Å²) in [7, 11) is 0. The fourth-order valence-electron chi connectivity index (χ4n) is 15.3. The molecule has 0 saturated carbocycles. The average molecular weight is 1550 g/mol.